The van der Waals surface area contributed by atoms with Gasteiger partial charge in [-0.15, -0.1) is 0 Å². The van der Waals surface area contributed by atoms with Gasteiger partial charge in [-0.25, -0.2) is 9.97 Å². The third-order valence-corrected chi connectivity index (χ3v) is 6.73. The van der Waals surface area contributed by atoms with Crippen molar-refractivity contribution < 1.29 is 4.74 Å². The Labute approximate surface area is 158 Å². The van der Waals surface area contributed by atoms with Crippen LogP contribution in [0.15, 0.2) is 18.5 Å². The number of hydrogen-bond donors (Lipinski definition) is 0. The molecule has 0 spiro atoms. The number of nitrogens with zero attached hydrogens (tertiary/aromatic N) is 3. The molecule has 1 saturated carbocycles. The summed E-state index contributed by atoms with van der Waals surface area (Å²) < 4.78 is 7.85. The Kier molecular flexibility index (Phi) is 6.50. The van der Waals surface area contributed by atoms with E-state index in [1.54, 1.807) is 6.20 Å². The van der Waals surface area contributed by atoms with Gasteiger partial charge < -0.3 is 9.30 Å². The van der Waals surface area contributed by atoms with Crippen LogP contribution >= 0.6 is 0 Å². The third-order valence-electron chi connectivity index (χ3n) is 5.02. The Balaban J connectivity index is 1.56. The minimum atomic E-state index is -1.04. The standard InChI is InChI=1S/C21H31N3OSi/c1-26(2,3)15-14-25-17-24-13-12-20-21(24)22-16-19(23-20)11-7-10-18-8-5-4-6-9-18/h12-13,16,18H,4-6,8-10,14-15,17H2,1-3H3. The molecule has 1 aliphatic rings. The van der Waals surface area contributed by atoms with E-state index in [2.05, 4.69) is 41.4 Å². The van der Waals surface area contributed by atoms with Crippen molar-refractivity contribution in [1.29, 1.82) is 0 Å². The average molecular weight is 370 g/mol. The minimum Gasteiger partial charge on any atom is -0.361 e. The Morgan fingerprint density at radius 3 is 2.81 bits per heavy atom. The molecule has 2 aromatic rings. The van der Waals surface area contributed by atoms with Gasteiger partial charge in [-0.1, -0.05) is 44.8 Å². The van der Waals surface area contributed by atoms with E-state index in [1.807, 2.05) is 16.8 Å². The molecule has 0 saturated heterocycles. The summed E-state index contributed by atoms with van der Waals surface area (Å²) in [6.45, 7) is 8.44. The summed E-state index contributed by atoms with van der Waals surface area (Å²) >= 11 is 0. The number of ether oxygens (including phenoxy) is 1. The first-order valence-electron chi connectivity index (χ1n) is 9.90. The first kappa shape index (κ1) is 19.1. The van der Waals surface area contributed by atoms with Crippen molar-refractivity contribution in [2.45, 2.75) is 70.9 Å². The van der Waals surface area contributed by atoms with Crippen LogP contribution in [-0.2, 0) is 11.5 Å². The fourth-order valence-electron chi connectivity index (χ4n) is 3.34. The molecule has 4 nitrogen and oxygen atoms in total. The molecule has 1 aliphatic carbocycles. The minimum absolute atomic E-state index is 0.537. The second-order valence-corrected chi connectivity index (χ2v) is 14.2. The van der Waals surface area contributed by atoms with Gasteiger partial charge in [0.2, 0.25) is 0 Å². The zero-order chi connectivity index (χ0) is 18.4. The highest BCUT2D eigenvalue weighted by Crippen LogP contribution is 2.25. The predicted molar refractivity (Wildman–Crippen MR) is 110 cm³/mol. The Morgan fingerprint density at radius 1 is 1.23 bits per heavy atom. The number of aromatic nitrogens is 3. The largest absolute Gasteiger partial charge is 0.361 e. The Bertz CT molecular complexity index is 776. The van der Waals surface area contributed by atoms with Crippen molar-refractivity contribution in [2.75, 3.05) is 6.61 Å². The van der Waals surface area contributed by atoms with E-state index < -0.39 is 8.07 Å². The highest BCUT2D eigenvalue weighted by Gasteiger charge is 2.13. The molecule has 0 bridgehead atoms. The summed E-state index contributed by atoms with van der Waals surface area (Å²) in [4.78, 5) is 9.20. The number of fused-ring (bicyclic) bond motifs is 1. The van der Waals surface area contributed by atoms with Crippen LogP contribution in [-0.4, -0.2) is 29.2 Å². The number of rotatable bonds is 6. The highest BCUT2D eigenvalue weighted by molar-refractivity contribution is 6.76. The van der Waals surface area contributed by atoms with E-state index in [0.29, 0.717) is 6.73 Å². The van der Waals surface area contributed by atoms with Crippen molar-refractivity contribution >= 4 is 19.2 Å². The molecule has 0 amide bonds. The molecule has 26 heavy (non-hydrogen) atoms. The van der Waals surface area contributed by atoms with E-state index in [4.69, 9.17) is 4.74 Å². The lowest BCUT2D eigenvalue weighted by Crippen LogP contribution is -2.22. The van der Waals surface area contributed by atoms with E-state index in [-0.39, 0.29) is 0 Å². The first-order chi connectivity index (χ1) is 12.5. The van der Waals surface area contributed by atoms with Crippen molar-refractivity contribution in [2.24, 2.45) is 5.92 Å². The molecule has 140 valence electrons. The van der Waals surface area contributed by atoms with Gasteiger partial charge in [-0.2, -0.15) is 0 Å². The van der Waals surface area contributed by atoms with E-state index in [0.717, 1.165) is 35.8 Å². The van der Waals surface area contributed by atoms with Crippen molar-refractivity contribution in [3.8, 4) is 11.8 Å². The predicted octanol–water partition coefficient (Wildman–Crippen LogP) is 5.07. The fourth-order valence-corrected chi connectivity index (χ4v) is 4.10. The van der Waals surface area contributed by atoms with Crippen LogP contribution in [0.3, 0.4) is 0 Å². The number of hydrogen-bond acceptors (Lipinski definition) is 3. The average Bonchev–Trinajstić information content (AvgIpc) is 3.01. The van der Waals surface area contributed by atoms with E-state index in [1.165, 1.54) is 38.1 Å². The lowest BCUT2D eigenvalue weighted by molar-refractivity contribution is 0.0899. The third kappa shape index (κ3) is 5.68. The summed E-state index contributed by atoms with van der Waals surface area (Å²) in [6, 6.07) is 3.18. The Hall–Kier alpha value is -1.64. The topological polar surface area (TPSA) is 39.9 Å². The van der Waals surface area contributed by atoms with Crippen molar-refractivity contribution in [3.63, 3.8) is 0 Å². The van der Waals surface area contributed by atoms with Gasteiger partial charge in [0.05, 0.1) is 6.20 Å². The maximum atomic E-state index is 5.83. The highest BCUT2D eigenvalue weighted by atomic mass is 28.3. The Morgan fingerprint density at radius 2 is 2.04 bits per heavy atom. The van der Waals surface area contributed by atoms with Gasteiger partial charge in [0, 0.05) is 27.3 Å². The molecule has 2 aromatic heterocycles. The van der Waals surface area contributed by atoms with Crippen molar-refractivity contribution in [3.05, 3.63) is 24.2 Å². The lowest BCUT2D eigenvalue weighted by Gasteiger charge is -2.18. The molecule has 0 aromatic carbocycles. The molecule has 0 atom stereocenters. The van der Waals surface area contributed by atoms with Gasteiger partial charge in [0.25, 0.3) is 0 Å². The normalized spacial score (nSPS) is 15.8. The lowest BCUT2D eigenvalue weighted by atomic mass is 9.87. The summed E-state index contributed by atoms with van der Waals surface area (Å²) in [5, 5.41) is 0. The van der Waals surface area contributed by atoms with E-state index >= 15 is 0 Å². The summed E-state index contributed by atoms with van der Waals surface area (Å²) in [5.74, 6) is 7.30. The van der Waals surface area contributed by atoms with Crippen LogP contribution in [0, 0.1) is 17.8 Å². The monoisotopic (exact) mass is 369 g/mol. The SMILES string of the molecule is C[Si](C)(C)CCOCn1ccc2nc(C#CCC3CCCCC3)cnc21. The van der Waals surface area contributed by atoms with Crippen LogP contribution in [0.4, 0.5) is 0 Å². The summed E-state index contributed by atoms with van der Waals surface area (Å²) in [5.41, 5.74) is 2.53. The molecule has 0 N–H and O–H groups in total. The fraction of sp³-hybridized carbons (Fsp3) is 0.619. The van der Waals surface area contributed by atoms with Crippen LogP contribution in [0.25, 0.3) is 11.2 Å². The maximum absolute atomic E-state index is 5.83. The molecule has 5 heteroatoms. The van der Waals surface area contributed by atoms with Gasteiger partial charge in [0.1, 0.15) is 17.9 Å². The molecule has 0 radical (unpaired) electrons. The van der Waals surface area contributed by atoms with Gasteiger partial charge in [-0.3, -0.25) is 0 Å². The van der Waals surface area contributed by atoms with Crippen LogP contribution in [0.1, 0.15) is 44.2 Å². The molecular weight excluding hydrogens is 338 g/mol. The smallest absolute Gasteiger partial charge is 0.160 e. The van der Waals surface area contributed by atoms with Gasteiger partial charge in [0.15, 0.2) is 5.65 Å². The maximum Gasteiger partial charge on any atom is 0.160 e. The summed E-state index contributed by atoms with van der Waals surface area (Å²) in [7, 11) is -1.04. The molecule has 3 rings (SSSR count). The molecule has 0 aliphatic heterocycles. The first-order valence-corrected chi connectivity index (χ1v) is 13.6. The molecule has 0 unspecified atom stereocenters. The summed E-state index contributed by atoms with van der Waals surface area (Å²) in [6.07, 6.45) is 11.6. The molecular formula is C21H31N3OSi. The quantitative estimate of drug-likeness (QED) is 0.406. The van der Waals surface area contributed by atoms with Crippen LogP contribution in [0.2, 0.25) is 25.7 Å². The van der Waals surface area contributed by atoms with Crippen LogP contribution in [0.5, 0.6) is 0 Å². The van der Waals surface area contributed by atoms with Crippen LogP contribution < -0.4 is 0 Å². The van der Waals surface area contributed by atoms with Gasteiger partial charge in [-0.05, 0) is 36.8 Å². The van der Waals surface area contributed by atoms with Crippen molar-refractivity contribution in [1.82, 2.24) is 14.5 Å². The second-order valence-electron chi connectivity index (χ2n) is 8.61. The molecule has 2 heterocycles. The zero-order valence-electron chi connectivity index (χ0n) is 16.4. The van der Waals surface area contributed by atoms with E-state index in [9.17, 15) is 0 Å². The molecule has 1 fully saturated rings. The van der Waals surface area contributed by atoms with Gasteiger partial charge >= 0.3 is 0 Å². The second kappa shape index (κ2) is 8.83. The zero-order valence-corrected chi connectivity index (χ0v) is 17.4.